The summed E-state index contributed by atoms with van der Waals surface area (Å²) in [7, 11) is -3.23. The molecule has 1 heterocycles. The number of hydrogen-bond donors (Lipinski definition) is 2. The van der Waals surface area contributed by atoms with Crippen LogP contribution in [-0.4, -0.2) is 39.1 Å². The van der Waals surface area contributed by atoms with Crippen molar-refractivity contribution in [2.75, 3.05) is 28.5 Å². The molecule has 0 bridgehead atoms. The van der Waals surface area contributed by atoms with Gasteiger partial charge in [0, 0.05) is 32.1 Å². The standard InChI is InChI=1S/C15H21N3O4S/c1-12(19)16-9-8-15(20)17-13-4-6-14(7-5-13)18-10-2-3-11-23(18,21)22/h4-7H,2-3,8-11H2,1H3,(H,16,19)(H,17,20). The molecule has 8 heteroatoms. The second-order valence-electron chi connectivity index (χ2n) is 5.42. The summed E-state index contributed by atoms with van der Waals surface area (Å²) in [6.45, 7) is 2.17. The maximum atomic E-state index is 12.0. The Kier molecular flexibility index (Phi) is 5.59. The lowest BCUT2D eigenvalue weighted by atomic mass is 10.2. The molecule has 7 nitrogen and oxygen atoms in total. The molecule has 126 valence electrons. The van der Waals surface area contributed by atoms with Gasteiger partial charge in [0.15, 0.2) is 0 Å². The van der Waals surface area contributed by atoms with Crippen LogP contribution in [0, 0.1) is 0 Å². The van der Waals surface area contributed by atoms with E-state index in [2.05, 4.69) is 10.6 Å². The van der Waals surface area contributed by atoms with Crippen LogP contribution in [0.1, 0.15) is 26.2 Å². The summed E-state index contributed by atoms with van der Waals surface area (Å²) in [6, 6.07) is 6.73. The Balaban J connectivity index is 1.94. The van der Waals surface area contributed by atoms with E-state index in [4.69, 9.17) is 0 Å². The minimum absolute atomic E-state index is 0.175. The topological polar surface area (TPSA) is 95.6 Å². The normalized spacial score (nSPS) is 16.7. The summed E-state index contributed by atoms with van der Waals surface area (Å²) in [5.74, 6) is -0.212. The average molecular weight is 339 g/mol. The lowest BCUT2D eigenvalue weighted by molar-refractivity contribution is -0.119. The van der Waals surface area contributed by atoms with E-state index < -0.39 is 10.0 Å². The van der Waals surface area contributed by atoms with E-state index >= 15 is 0 Å². The Morgan fingerprint density at radius 3 is 2.48 bits per heavy atom. The molecule has 1 fully saturated rings. The Morgan fingerprint density at radius 1 is 1.17 bits per heavy atom. The summed E-state index contributed by atoms with van der Waals surface area (Å²) in [5.41, 5.74) is 1.21. The van der Waals surface area contributed by atoms with Crippen LogP contribution < -0.4 is 14.9 Å². The van der Waals surface area contributed by atoms with E-state index in [1.165, 1.54) is 11.2 Å². The molecule has 2 amide bonds. The smallest absolute Gasteiger partial charge is 0.235 e. The largest absolute Gasteiger partial charge is 0.356 e. The fourth-order valence-electron chi connectivity index (χ4n) is 2.37. The van der Waals surface area contributed by atoms with E-state index in [9.17, 15) is 18.0 Å². The van der Waals surface area contributed by atoms with Crippen molar-refractivity contribution in [3.63, 3.8) is 0 Å². The summed E-state index contributed by atoms with van der Waals surface area (Å²) in [6.07, 6.45) is 1.73. The number of nitrogens with zero attached hydrogens (tertiary/aromatic N) is 1. The highest BCUT2D eigenvalue weighted by molar-refractivity contribution is 7.92. The van der Waals surface area contributed by atoms with Crippen molar-refractivity contribution in [1.82, 2.24) is 5.32 Å². The third-order valence-electron chi connectivity index (χ3n) is 3.51. The number of benzene rings is 1. The number of anilines is 2. The summed E-state index contributed by atoms with van der Waals surface area (Å²) in [4.78, 5) is 22.4. The van der Waals surface area contributed by atoms with Crippen LogP contribution in [0.25, 0.3) is 0 Å². The molecule has 0 radical (unpaired) electrons. The van der Waals surface area contributed by atoms with E-state index in [1.54, 1.807) is 24.3 Å². The van der Waals surface area contributed by atoms with Gasteiger partial charge in [0.1, 0.15) is 0 Å². The molecule has 1 aliphatic rings. The van der Waals surface area contributed by atoms with E-state index in [0.717, 1.165) is 6.42 Å². The Morgan fingerprint density at radius 2 is 1.87 bits per heavy atom. The molecule has 0 atom stereocenters. The molecule has 1 aromatic rings. The maximum Gasteiger partial charge on any atom is 0.235 e. The van der Waals surface area contributed by atoms with Crippen molar-refractivity contribution in [2.45, 2.75) is 26.2 Å². The first-order valence-corrected chi connectivity index (χ1v) is 9.14. The van der Waals surface area contributed by atoms with E-state index in [-0.39, 0.29) is 30.5 Å². The number of sulfonamides is 1. The molecule has 0 aromatic heterocycles. The van der Waals surface area contributed by atoms with Crippen molar-refractivity contribution in [2.24, 2.45) is 0 Å². The number of carbonyl (C=O) groups excluding carboxylic acids is 2. The van der Waals surface area contributed by atoms with Crippen molar-refractivity contribution in [3.8, 4) is 0 Å². The second kappa shape index (κ2) is 7.45. The fourth-order valence-corrected chi connectivity index (χ4v) is 4.00. The number of carbonyl (C=O) groups is 2. The molecule has 23 heavy (non-hydrogen) atoms. The molecule has 1 saturated heterocycles. The molecule has 2 N–H and O–H groups in total. The molecule has 1 aliphatic heterocycles. The highest BCUT2D eigenvalue weighted by Crippen LogP contribution is 2.24. The first-order chi connectivity index (χ1) is 10.9. The van der Waals surface area contributed by atoms with Crippen LogP contribution in [0.4, 0.5) is 11.4 Å². The van der Waals surface area contributed by atoms with Crippen LogP contribution in [0.3, 0.4) is 0 Å². The van der Waals surface area contributed by atoms with Crippen LogP contribution in [-0.2, 0) is 19.6 Å². The van der Waals surface area contributed by atoms with Gasteiger partial charge in [-0.05, 0) is 37.1 Å². The zero-order chi connectivity index (χ0) is 16.9. The zero-order valence-electron chi connectivity index (χ0n) is 13.0. The van der Waals surface area contributed by atoms with Crippen LogP contribution in [0.2, 0.25) is 0 Å². The van der Waals surface area contributed by atoms with Gasteiger partial charge in [0.25, 0.3) is 0 Å². The minimum Gasteiger partial charge on any atom is -0.356 e. The van der Waals surface area contributed by atoms with Gasteiger partial charge in [-0.2, -0.15) is 0 Å². The molecule has 0 unspecified atom stereocenters. The van der Waals surface area contributed by atoms with Crippen LogP contribution >= 0.6 is 0 Å². The fraction of sp³-hybridized carbons (Fsp3) is 0.467. The van der Waals surface area contributed by atoms with Crippen molar-refractivity contribution < 1.29 is 18.0 Å². The van der Waals surface area contributed by atoms with Gasteiger partial charge in [-0.15, -0.1) is 0 Å². The highest BCUT2D eigenvalue weighted by atomic mass is 32.2. The van der Waals surface area contributed by atoms with Gasteiger partial charge in [0.2, 0.25) is 21.8 Å². The first-order valence-electron chi connectivity index (χ1n) is 7.53. The first kappa shape index (κ1) is 17.3. The molecule has 0 aliphatic carbocycles. The van der Waals surface area contributed by atoms with Gasteiger partial charge < -0.3 is 10.6 Å². The van der Waals surface area contributed by atoms with Crippen molar-refractivity contribution >= 4 is 33.2 Å². The van der Waals surface area contributed by atoms with Crippen LogP contribution in [0.15, 0.2) is 24.3 Å². The molecule has 0 spiro atoms. The number of rotatable bonds is 5. The quantitative estimate of drug-likeness (QED) is 0.839. The lowest BCUT2D eigenvalue weighted by Gasteiger charge is -2.28. The third-order valence-corrected chi connectivity index (χ3v) is 5.38. The second-order valence-corrected chi connectivity index (χ2v) is 7.44. The number of nitrogens with one attached hydrogen (secondary N) is 2. The summed E-state index contributed by atoms with van der Waals surface area (Å²) in [5, 5.41) is 5.26. The molecular formula is C15H21N3O4S. The van der Waals surface area contributed by atoms with Crippen molar-refractivity contribution in [1.29, 1.82) is 0 Å². The van der Waals surface area contributed by atoms with Gasteiger partial charge in [-0.1, -0.05) is 0 Å². The van der Waals surface area contributed by atoms with Gasteiger partial charge in [-0.25, -0.2) is 8.42 Å². The minimum atomic E-state index is -3.23. The van der Waals surface area contributed by atoms with Gasteiger partial charge >= 0.3 is 0 Å². The molecule has 0 saturated carbocycles. The highest BCUT2D eigenvalue weighted by Gasteiger charge is 2.25. The van der Waals surface area contributed by atoms with Gasteiger partial charge in [0.05, 0.1) is 11.4 Å². The molecular weight excluding hydrogens is 318 g/mol. The SMILES string of the molecule is CC(=O)NCCC(=O)Nc1ccc(N2CCCCS2(=O)=O)cc1. The Hall–Kier alpha value is -2.09. The monoisotopic (exact) mass is 339 g/mol. The predicted octanol–water partition coefficient (Wildman–Crippen LogP) is 1.08. The Labute approximate surface area is 136 Å². The zero-order valence-corrected chi connectivity index (χ0v) is 13.9. The molecule has 2 rings (SSSR count). The predicted molar refractivity (Wildman–Crippen MR) is 88.7 cm³/mol. The number of amides is 2. The van der Waals surface area contributed by atoms with E-state index in [0.29, 0.717) is 24.3 Å². The van der Waals surface area contributed by atoms with Crippen molar-refractivity contribution in [3.05, 3.63) is 24.3 Å². The van der Waals surface area contributed by atoms with E-state index in [1.807, 2.05) is 0 Å². The average Bonchev–Trinajstić information content (AvgIpc) is 2.47. The van der Waals surface area contributed by atoms with Gasteiger partial charge in [-0.3, -0.25) is 13.9 Å². The number of hydrogen-bond acceptors (Lipinski definition) is 4. The lowest BCUT2D eigenvalue weighted by Crippen LogP contribution is -2.37. The summed E-state index contributed by atoms with van der Waals surface area (Å²) >= 11 is 0. The Bertz CT molecular complexity index is 670. The summed E-state index contributed by atoms with van der Waals surface area (Å²) < 4.78 is 25.5. The maximum absolute atomic E-state index is 12.0. The third kappa shape index (κ3) is 4.95. The van der Waals surface area contributed by atoms with Crippen LogP contribution in [0.5, 0.6) is 0 Å². The molecule has 1 aromatic carbocycles.